The first-order valence-electron chi connectivity index (χ1n) is 8.62. The number of ether oxygens (including phenoxy) is 1. The number of thiazole rings is 1. The molecule has 0 unspecified atom stereocenters. The van der Waals surface area contributed by atoms with Crippen molar-refractivity contribution in [2.24, 2.45) is 0 Å². The highest BCUT2D eigenvalue weighted by molar-refractivity contribution is 7.13. The molecule has 0 aliphatic carbocycles. The van der Waals surface area contributed by atoms with Crippen molar-refractivity contribution in [1.82, 2.24) is 29.9 Å². The van der Waals surface area contributed by atoms with Crippen LogP contribution in [-0.2, 0) is 4.74 Å². The average molecular weight is 393 g/mol. The lowest BCUT2D eigenvalue weighted by atomic mass is 10.2. The Bertz CT molecular complexity index is 1100. The van der Waals surface area contributed by atoms with E-state index in [0.29, 0.717) is 36.0 Å². The fourth-order valence-electron chi connectivity index (χ4n) is 2.80. The van der Waals surface area contributed by atoms with Gasteiger partial charge in [-0.25, -0.2) is 4.98 Å². The number of amides is 1. The van der Waals surface area contributed by atoms with Gasteiger partial charge in [0.25, 0.3) is 5.91 Å². The molecule has 0 aromatic carbocycles. The molecular formula is C18H15N7O2S. The fourth-order valence-corrected chi connectivity index (χ4v) is 3.58. The van der Waals surface area contributed by atoms with E-state index in [9.17, 15) is 4.79 Å². The third-order valence-corrected chi connectivity index (χ3v) is 5.26. The van der Waals surface area contributed by atoms with Crippen molar-refractivity contribution in [3.8, 4) is 22.0 Å². The molecule has 0 spiro atoms. The van der Waals surface area contributed by atoms with E-state index < -0.39 is 0 Å². The molecule has 5 heterocycles. The van der Waals surface area contributed by atoms with Crippen LogP contribution in [0.3, 0.4) is 0 Å². The molecule has 0 saturated carbocycles. The van der Waals surface area contributed by atoms with Gasteiger partial charge in [-0.2, -0.15) is 10.2 Å². The first-order valence-corrected chi connectivity index (χ1v) is 9.50. The summed E-state index contributed by atoms with van der Waals surface area (Å²) in [6, 6.07) is 5.75. The molecule has 28 heavy (non-hydrogen) atoms. The average Bonchev–Trinajstić information content (AvgIpc) is 3.41. The maximum Gasteiger partial charge on any atom is 0.275 e. The van der Waals surface area contributed by atoms with E-state index in [-0.39, 0.29) is 11.9 Å². The molecule has 1 aliphatic rings. The first-order chi connectivity index (χ1) is 13.8. The van der Waals surface area contributed by atoms with Gasteiger partial charge in [-0.1, -0.05) is 6.07 Å². The summed E-state index contributed by atoms with van der Waals surface area (Å²) in [7, 11) is 0. The van der Waals surface area contributed by atoms with Crippen LogP contribution < -0.4 is 5.32 Å². The molecule has 9 nitrogen and oxygen atoms in total. The molecular weight excluding hydrogens is 378 g/mol. The molecule has 0 radical (unpaired) electrons. The van der Waals surface area contributed by atoms with Crippen LogP contribution >= 0.6 is 11.3 Å². The van der Waals surface area contributed by atoms with Crippen molar-refractivity contribution >= 4 is 22.9 Å². The molecule has 0 atom stereocenters. The minimum Gasteiger partial charge on any atom is -0.377 e. The molecule has 2 N–H and O–H groups in total. The molecule has 5 rings (SSSR count). The summed E-state index contributed by atoms with van der Waals surface area (Å²) >= 11 is 1.39. The van der Waals surface area contributed by atoms with Gasteiger partial charge in [0.05, 0.1) is 36.8 Å². The Morgan fingerprint density at radius 2 is 2.29 bits per heavy atom. The molecule has 1 aliphatic heterocycles. The standard InChI is InChI=1S/C18H15N7O2S/c26-17(15-10-28-18(23-15)11-5-20-21-6-11)22-14-7-25(12-8-27-9-12)24-16(14)13-3-1-2-4-19-13/h1-7,10,12H,8-9H2,(H,20,21)(H,22,26). The second-order valence-corrected chi connectivity index (χ2v) is 7.11. The Morgan fingerprint density at radius 1 is 1.36 bits per heavy atom. The van der Waals surface area contributed by atoms with Crippen LogP contribution in [0.1, 0.15) is 16.5 Å². The van der Waals surface area contributed by atoms with Crippen molar-refractivity contribution in [3.63, 3.8) is 0 Å². The summed E-state index contributed by atoms with van der Waals surface area (Å²) in [5, 5.41) is 16.7. The number of aromatic nitrogens is 6. The summed E-state index contributed by atoms with van der Waals surface area (Å²) in [5.41, 5.74) is 3.08. The SMILES string of the molecule is O=C(Nc1cn(C2COC2)nc1-c1ccccn1)c1csc(-c2cn[nH]c2)n1. The largest absolute Gasteiger partial charge is 0.377 e. The lowest BCUT2D eigenvalue weighted by molar-refractivity contribution is -0.0285. The maximum absolute atomic E-state index is 12.8. The first kappa shape index (κ1) is 16.8. The van der Waals surface area contributed by atoms with E-state index in [1.165, 1.54) is 11.3 Å². The van der Waals surface area contributed by atoms with Gasteiger partial charge in [0.1, 0.15) is 16.4 Å². The van der Waals surface area contributed by atoms with Crippen molar-refractivity contribution < 1.29 is 9.53 Å². The number of hydrogen-bond donors (Lipinski definition) is 2. The normalized spacial score (nSPS) is 14.0. The van der Waals surface area contributed by atoms with Gasteiger partial charge < -0.3 is 10.1 Å². The van der Waals surface area contributed by atoms with Gasteiger partial charge in [-0.15, -0.1) is 11.3 Å². The Kier molecular flexibility index (Phi) is 4.18. The predicted molar refractivity (Wildman–Crippen MR) is 103 cm³/mol. The highest BCUT2D eigenvalue weighted by Gasteiger charge is 2.25. The molecule has 10 heteroatoms. The molecule has 4 aromatic heterocycles. The van der Waals surface area contributed by atoms with Gasteiger partial charge in [-0.3, -0.25) is 19.6 Å². The lowest BCUT2D eigenvalue weighted by Gasteiger charge is -2.25. The van der Waals surface area contributed by atoms with Gasteiger partial charge in [0.15, 0.2) is 0 Å². The number of anilines is 1. The van der Waals surface area contributed by atoms with Crippen LogP contribution in [0.2, 0.25) is 0 Å². The monoisotopic (exact) mass is 393 g/mol. The number of nitrogens with zero attached hydrogens (tertiary/aromatic N) is 5. The van der Waals surface area contributed by atoms with Gasteiger partial charge in [0.2, 0.25) is 0 Å². The number of nitrogens with one attached hydrogen (secondary N) is 2. The van der Waals surface area contributed by atoms with E-state index in [2.05, 4.69) is 30.6 Å². The van der Waals surface area contributed by atoms with Crippen molar-refractivity contribution in [3.05, 3.63) is 54.1 Å². The summed E-state index contributed by atoms with van der Waals surface area (Å²) < 4.78 is 7.07. The van der Waals surface area contributed by atoms with Crippen LogP contribution in [0.4, 0.5) is 5.69 Å². The molecule has 4 aromatic rings. The van der Waals surface area contributed by atoms with Crippen molar-refractivity contribution in [2.45, 2.75) is 6.04 Å². The molecule has 1 amide bonds. The Labute approximate surface area is 163 Å². The predicted octanol–water partition coefficient (Wildman–Crippen LogP) is 2.62. The minimum atomic E-state index is -0.299. The molecule has 1 saturated heterocycles. The summed E-state index contributed by atoms with van der Waals surface area (Å²) in [6.07, 6.45) is 6.93. The van der Waals surface area contributed by atoms with E-state index in [0.717, 1.165) is 10.6 Å². The van der Waals surface area contributed by atoms with Crippen LogP contribution in [0.15, 0.2) is 48.4 Å². The Morgan fingerprint density at radius 3 is 3.00 bits per heavy atom. The Hall–Kier alpha value is -3.37. The van der Waals surface area contributed by atoms with Crippen molar-refractivity contribution in [2.75, 3.05) is 18.5 Å². The number of carbonyl (C=O) groups excluding carboxylic acids is 1. The summed E-state index contributed by atoms with van der Waals surface area (Å²) in [6.45, 7) is 1.22. The number of H-pyrrole nitrogens is 1. The molecule has 140 valence electrons. The quantitative estimate of drug-likeness (QED) is 0.539. The molecule has 0 bridgehead atoms. The third kappa shape index (κ3) is 3.08. The van der Waals surface area contributed by atoms with Crippen LogP contribution in [0.25, 0.3) is 22.0 Å². The minimum absolute atomic E-state index is 0.167. The zero-order chi connectivity index (χ0) is 18.9. The van der Waals surface area contributed by atoms with Crippen LogP contribution in [-0.4, -0.2) is 49.1 Å². The molecule has 1 fully saturated rings. The number of carbonyl (C=O) groups is 1. The number of hydrogen-bond acceptors (Lipinski definition) is 7. The van der Waals surface area contributed by atoms with E-state index in [1.54, 1.807) is 24.0 Å². The lowest BCUT2D eigenvalue weighted by Crippen LogP contribution is -2.30. The van der Waals surface area contributed by atoms with E-state index >= 15 is 0 Å². The smallest absolute Gasteiger partial charge is 0.275 e. The number of aromatic amines is 1. The third-order valence-electron chi connectivity index (χ3n) is 4.36. The maximum atomic E-state index is 12.8. The van der Waals surface area contributed by atoms with E-state index in [4.69, 9.17) is 4.74 Å². The Balaban J connectivity index is 1.44. The second-order valence-electron chi connectivity index (χ2n) is 6.26. The highest BCUT2D eigenvalue weighted by atomic mass is 32.1. The number of pyridine rings is 1. The highest BCUT2D eigenvalue weighted by Crippen LogP contribution is 2.29. The van der Waals surface area contributed by atoms with Crippen LogP contribution in [0, 0.1) is 0 Å². The van der Waals surface area contributed by atoms with Crippen LogP contribution in [0.5, 0.6) is 0 Å². The van der Waals surface area contributed by atoms with E-state index in [1.807, 2.05) is 29.1 Å². The van der Waals surface area contributed by atoms with Crippen molar-refractivity contribution in [1.29, 1.82) is 0 Å². The zero-order valence-corrected chi connectivity index (χ0v) is 15.4. The van der Waals surface area contributed by atoms with Gasteiger partial charge in [0, 0.05) is 29.5 Å². The topological polar surface area (TPSA) is 111 Å². The van der Waals surface area contributed by atoms with Gasteiger partial charge in [-0.05, 0) is 12.1 Å². The second kappa shape index (κ2) is 6.98. The van der Waals surface area contributed by atoms with Gasteiger partial charge >= 0.3 is 0 Å². The fraction of sp³-hybridized carbons (Fsp3) is 0.167. The zero-order valence-electron chi connectivity index (χ0n) is 14.6. The number of rotatable bonds is 5. The summed E-state index contributed by atoms with van der Waals surface area (Å²) in [5.74, 6) is -0.299. The summed E-state index contributed by atoms with van der Waals surface area (Å²) in [4.78, 5) is 21.5.